The van der Waals surface area contributed by atoms with E-state index in [1.165, 1.54) is 0 Å². The van der Waals surface area contributed by atoms with Gasteiger partial charge in [0.25, 0.3) is 0 Å². The summed E-state index contributed by atoms with van der Waals surface area (Å²) in [5.41, 5.74) is 6.48. The van der Waals surface area contributed by atoms with E-state index < -0.39 is 6.17 Å². The van der Waals surface area contributed by atoms with Gasteiger partial charge < -0.3 is 5.73 Å². The zero-order valence-electron chi connectivity index (χ0n) is 8.29. The smallest absolute Gasteiger partial charge is 0.156 e. The highest BCUT2D eigenvalue weighted by atomic mass is 79.9. The predicted molar refractivity (Wildman–Crippen MR) is 60.2 cm³/mol. The van der Waals surface area contributed by atoms with Gasteiger partial charge in [-0.3, -0.25) is 0 Å². The molecule has 0 atom stereocenters. The van der Waals surface area contributed by atoms with Gasteiger partial charge in [-0.05, 0) is 41.6 Å². The fourth-order valence-electron chi connectivity index (χ4n) is 1.93. The number of rotatable bonds is 1. The fraction of sp³-hybridized carbons (Fsp3) is 0.600. The van der Waals surface area contributed by atoms with E-state index in [9.17, 15) is 4.39 Å². The number of alkyl halides is 1. The molecule has 3 nitrogen and oxygen atoms in total. The Hall–Kier alpha value is -0.710. The lowest BCUT2D eigenvalue weighted by Crippen LogP contribution is -2.15. The van der Waals surface area contributed by atoms with Crippen molar-refractivity contribution in [2.45, 2.75) is 37.8 Å². The van der Waals surface area contributed by atoms with E-state index >= 15 is 0 Å². The molecule has 0 aromatic carbocycles. The number of halogens is 2. The first kappa shape index (κ1) is 10.8. The Morgan fingerprint density at radius 3 is 2.60 bits per heavy atom. The standard InChI is InChI=1S/C10H13BrFN3/c11-9-10(13)14-5-8(15-9)6-1-3-7(12)4-2-6/h5-7H,1-4H2,(H2,13,14). The van der Waals surface area contributed by atoms with Gasteiger partial charge in [0.15, 0.2) is 5.82 Å². The Bertz CT molecular complexity index is 351. The van der Waals surface area contributed by atoms with Crippen LogP contribution in [0.2, 0.25) is 0 Å². The zero-order valence-corrected chi connectivity index (χ0v) is 9.87. The lowest BCUT2D eigenvalue weighted by atomic mass is 9.86. The minimum Gasteiger partial charge on any atom is -0.381 e. The molecule has 82 valence electrons. The van der Waals surface area contributed by atoms with Crippen LogP contribution in [0.1, 0.15) is 37.3 Å². The number of nitrogen functional groups attached to an aromatic ring is 1. The minimum atomic E-state index is -0.633. The highest BCUT2D eigenvalue weighted by Crippen LogP contribution is 2.33. The average molecular weight is 274 g/mol. The minimum absolute atomic E-state index is 0.335. The highest BCUT2D eigenvalue weighted by Gasteiger charge is 2.23. The van der Waals surface area contributed by atoms with Gasteiger partial charge in [0.2, 0.25) is 0 Å². The molecule has 0 saturated heterocycles. The molecule has 5 heteroatoms. The summed E-state index contributed by atoms with van der Waals surface area (Å²) in [6.07, 6.45) is 4.04. The van der Waals surface area contributed by atoms with E-state index in [2.05, 4.69) is 25.9 Å². The first-order chi connectivity index (χ1) is 7.16. The van der Waals surface area contributed by atoms with Gasteiger partial charge in [-0.1, -0.05) is 0 Å². The van der Waals surface area contributed by atoms with Crippen LogP contribution in [-0.2, 0) is 0 Å². The summed E-state index contributed by atoms with van der Waals surface area (Å²) in [5, 5.41) is 0. The van der Waals surface area contributed by atoms with E-state index in [-0.39, 0.29) is 0 Å². The first-order valence-electron chi connectivity index (χ1n) is 5.09. The summed E-state index contributed by atoms with van der Waals surface area (Å²) in [6.45, 7) is 0. The normalized spacial score (nSPS) is 26.5. The molecule has 15 heavy (non-hydrogen) atoms. The van der Waals surface area contributed by atoms with Crippen molar-refractivity contribution in [1.29, 1.82) is 0 Å². The van der Waals surface area contributed by atoms with Crippen molar-refractivity contribution in [2.24, 2.45) is 0 Å². The number of nitrogens with zero attached hydrogens (tertiary/aromatic N) is 2. The molecule has 0 radical (unpaired) electrons. The molecule has 1 aromatic rings. The first-order valence-corrected chi connectivity index (χ1v) is 5.88. The van der Waals surface area contributed by atoms with Gasteiger partial charge >= 0.3 is 0 Å². The number of nitrogens with two attached hydrogens (primary N) is 1. The van der Waals surface area contributed by atoms with Gasteiger partial charge in [0, 0.05) is 5.92 Å². The monoisotopic (exact) mass is 273 g/mol. The Labute approximate surface area is 96.4 Å². The van der Waals surface area contributed by atoms with Crippen molar-refractivity contribution in [3.05, 3.63) is 16.5 Å². The molecule has 0 amide bonds. The molecule has 1 aliphatic carbocycles. The Kier molecular flexibility index (Phi) is 3.19. The Morgan fingerprint density at radius 2 is 2.00 bits per heavy atom. The molecular formula is C10H13BrFN3. The summed E-state index contributed by atoms with van der Waals surface area (Å²) >= 11 is 3.25. The SMILES string of the molecule is Nc1ncc(C2CCC(F)CC2)nc1Br. The molecule has 0 aliphatic heterocycles. The summed E-state index contributed by atoms with van der Waals surface area (Å²) in [7, 11) is 0. The molecule has 0 spiro atoms. The second kappa shape index (κ2) is 4.43. The summed E-state index contributed by atoms with van der Waals surface area (Å²) in [6, 6.07) is 0. The van der Waals surface area contributed by atoms with Gasteiger partial charge in [0.05, 0.1) is 11.9 Å². The molecule has 1 fully saturated rings. The maximum atomic E-state index is 13.0. The molecule has 0 bridgehead atoms. The van der Waals surface area contributed by atoms with Crippen molar-refractivity contribution < 1.29 is 4.39 Å². The quantitative estimate of drug-likeness (QED) is 0.856. The van der Waals surface area contributed by atoms with Crippen LogP contribution in [-0.4, -0.2) is 16.1 Å². The van der Waals surface area contributed by atoms with Crippen molar-refractivity contribution in [3.63, 3.8) is 0 Å². The summed E-state index contributed by atoms with van der Waals surface area (Å²) < 4.78 is 13.5. The van der Waals surface area contributed by atoms with Gasteiger partial charge in [-0.25, -0.2) is 14.4 Å². The molecule has 1 heterocycles. The van der Waals surface area contributed by atoms with Gasteiger partial charge in [0.1, 0.15) is 10.8 Å². The number of hydrogen-bond acceptors (Lipinski definition) is 3. The fourth-order valence-corrected chi connectivity index (χ4v) is 2.24. The van der Waals surface area contributed by atoms with Crippen LogP contribution in [0.5, 0.6) is 0 Å². The van der Waals surface area contributed by atoms with Crippen molar-refractivity contribution >= 4 is 21.7 Å². The van der Waals surface area contributed by atoms with Crippen LogP contribution in [0.3, 0.4) is 0 Å². The van der Waals surface area contributed by atoms with E-state index in [0.717, 1.165) is 18.5 Å². The largest absolute Gasteiger partial charge is 0.381 e. The van der Waals surface area contributed by atoms with E-state index in [0.29, 0.717) is 29.2 Å². The van der Waals surface area contributed by atoms with Crippen molar-refractivity contribution in [1.82, 2.24) is 9.97 Å². The van der Waals surface area contributed by atoms with Crippen LogP contribution in [0.15, 0.2) is 10.8 Å². The van der Waals surface area contributed by atoms with Gasteiger partial charge in [-0.15, -0.1) is 0 Å². The second-order valence-corrected chi connectivity index (χ2v) is 4.67. The third kappa shape index (κ3) is 2.45. The van der Waals surface area contributed by atoms with Crippen LogP contribution in [0, 0.1) is 0 Å². The predicted octanol–water partition coefficient (Wildman–Crippen LogP) is 2.82. The number of aromatic nitrogens is 2. The molecule has 1 saturated carbocycles. The third-order valence-corrected chi connectivity index (χ3v) is 3.43. The number of anilines is 1. The average Bonchev–Trinajstić information content (AvgIpc) is 2.23. The van der Waals surface area contributed by atoms with Crippen LogP contribution in [0.25, 0.3) is 0 Å². The van der Waals surface area contributed by atoms with Crippen LogP contribution < -0.4 is 5.73 Å². The zero-order chi connectivity index (χ0) is 10.8. The molecular weight excluding hydrogens is 261 g/mol. The molecule has 1 aromatic heterocycles. The lowest BCUT2D eigenvalue weighted by Gasteiger charge is -2.23. The third-order valence-electron chi connectivity index (χ3n) is 2.85. The Morgan fingerprint density at radius 1 is 1.33 bits per heavy atom. The van der Waals surface area contributed by atoms with Crippen molar-refractivity contribution in [2.75, 3.05) is 5.73 Å². The number of hydrogen-bond donors (Lipinski definition) is 1. The van der Waals surface area contributed by atoms with E-state index in [4.69, 9.17) is 5.73 Å². The topological polar surface area (TPSA) is 51.8 Å². The second-order valence-electron chi connectivity index (χ2n) is 3.92. The molecule has 2 N–H and O–H groups in total. The van der Waals surface area contributed by atoms with Gasteiger partial charge in [-0.2, -0.15) is 0 Å². The van der Waals surface area contributed by atoms with Crippen LogP contribution in [0.4, 0.5) is 10.2 Å². The molecule has 0 unspecified atom stereocenters. The van der Waals surface area contributed by atoms with Crippen LogP contribution >= 0.6 is 15.9 Å². The summed E-state index contributed by atoms with van der Waals surface area (Å²) in [5.74, 6) is 0.735. The Balaban J connectivity index is 2.12. The highest BCUT2D eigenvalue weighted by molar-refractivity contribution is 9.10. The molecule has 1 aliphatic rings. The van der Waals surface area contributed by atoms with Crippen molar-refractivity contribution in [3.8, 4) is 0 Å². The van der Waals surface area contributed by atoms with E-state index in [1.54, 1.807) is 6.20 Å². The lowest BCUT2D eigenvalue weighted by molar-refractivity contribution is 0.233. The van der Waals surface area contributed by atoms with E-state index in [1.807, 2.05) is 0 Å². The maximum absolute atomic E-state index is 13.0. The molecule has 2 rings (SSSR count). The maximum Gasteiger partial charge on any atom is 0.156 e. The summed E-state index contributed by atoms with van der Waals surface area (Å²) in [4.78, 5) is 8.38.